The number of benzene rings is 3. The van der Waals surface area contributed by atoms with Gasteiger partial charge in [-0.1, -0.05) is 30.3 Å². The topological polar surface area (TPSA) is 78.7 Å². The van der Waals surface area contributed by atoms with Crippen molar-refractivity contribution in [3.05, 3.63) is 105 Å². The highest BCUT2D eigenvalue weighted by molar-refractivity contribution is 6.09. The quantitative estimate of drug-likeness (QED) is 0.203. The lowest BCUT2D eigenvalue weighted by Crippen LogP contribution is -2.01. The van der Waals surface area contributed by atoms with E-state index in [1.54, 1.807) is 19.3 Å². The summed E-state index contributed by atoms with van der Waals surface area (Å²) in [6.45, 7) is 0.321. The van der Waals surface area contributed by atoms with Crippen molar-refractivity contribution in [2.45, 2.75) is 25.9 Å². The van der Waals surface area contributed by atoms with Crippen LogP contribution in [-0.4, -0.2) is 17.8 Å². The standard InChI is InChI=1S/C26H23NO5/c1-31-26-14-10-18(9-13-25(28)23-7-2-3-8-24(23)27(29)30)15-21(26)17-32-22-12-11-19-5-4-6-20(19)16-22/h2-3,7-16H,4-6,17H2,1H3/b13-9+. The number of rotatable bonds is 8. The summed E-state index contributed by atoms with van der Waals surface area (Å²) in [4.78, 5) is 23.1. The number of para-hydroxylation sites is 1. The van der Waals surface area contributed by atoms with Crippen molar-refractivity contribution >= 4 is 17.5 Å². The van der Waals surface area contributed by atoms with Crippen LogP contribution in [0, 0.1) is 10.1 Å². The fraction of sp³-hybridized carbons (Fsp3) is 0.192. The molecule has 0 aliphatic heterocycles. The maximum absolute atomic E-state index is 12.5. The smallest absolute Gasteiger partial charge is 0.280 e. The van der Waals surface area contributed by atoms with Gasteiger partial charge in [0.25, 0.3) is 5.69 Å². The van der Waals surface area contributed by atoms with Crippen molar-refractivity contribution in [1.82, 2.24) is 0 Å². The number of hydrogen-bond acceptors (Lipinski definition) is 5. The molecule has 0 unspecified atom stereocenters. The highest BCUT2D eigenvalue weighted by Gasteiger charge is 2.17. The predicted molar refractivity (Wildman–Crippen MR) is 122 cm³/mol. The molecular weight excluding hydrogens is 406 g/mol. The lowest BCUT2D eigenvalue weighted by Gasteiger charge is -2.12. The third-order valence-corrected chi connectivity index (χ3v) is 5.56. The summed E-state index contributed by atoms with van der Waals surface area (Å²) in [5.41, 5.74) is 4.20. The SMILES string of the molecule is COc1ccc(/C=C/C(=O)c2ccccc2[N+](=O)[O-])cc1COc1ccc2c(c1)CCC2. The average Bonchev–Trinajstić information content (AvgIpc) is 3.29. The molecule has 0 saturated heterocycles. The van der Waals surface area contributed by atoms with Gasteiger partial charge in [0.15, 0.2) is 5.78 Å². The molecule has 1 aliphatic rings. The fourth-order valence-corrected chi connectivity index (χ4v) is 3.92. The van der Waals surface area contributed by atoms with Crippen LogP contribution in [-0.2, 0) is 19.4 Å². The van der Waals surface area contributed by atoms with Crippen molar-refractivity contribution in [2.24, 2.45) is 0 Å². The Labute approximate surface area is 186 Å². The number of allylic oxidation sites excluding steroid dienone is 1. The van der Waals surface area contributed by atoms with Gasteiger partial charge in [-0.3, -0.25) is 14.9 Å². The predicted octanol–water partition coefficient (Wildman–Crippen LogP) is 5.57. The van der Waals surface area contributed by atoms with Crippen LogP contribution in [0.25, 0.3) is 6.08 Å². The third-order valence-electron chi connectivity index (χ3n) is 5.56. The molecule has 0 radical (unpaired) electrons. The molecule has 0 atom stereocenters. The Morgan fingerprint density at radius 2 is 1.88 bits per heavy atom. The van der Waals surface area contributed by atoms with Crippen LogP contribution in [0.2, 0.25) is 0 Å². The van der Waals surface area contributed by atoms with Gasteiger partial charge in [0.2, 0.25) is 0 Å². The Morgan fingerprint density at radius 3 is 2.69 bits per heavy atom. The van der Waals surface area contributed by atoms with E-state index >= 15 is 0 Å². The van der Waals surface area contributed by atoms with Gasteiger partial charge in [-0.2, -0.15) is 0 Å². The summed E-state index contributed by atoms with van der Waals surface area (Å²) >= 11 is 0. The fourth-order valence-electron chi connectivity index (χ4n) is 3.92. The van der Waals surface area contributed by atoms with Gasteiger partial charge in [0.1, 0.15) is 18.1 Å². The molecule has 4 rings (SSSR count). The molecule has 0 fully saturated rings. The van der Waals surface area contributed by atoms with Crippen LogP contribution >= 0.6 is 0 Å². The maximum Gasteiger partial charge on any atom is 0.280 e. The first-order valence-corrected chi connectivity index (χ1v) is 10.4. The van der Waals surface area contributed by atoms with Gasteiger partial charge in [-0.15, -0.1) is 0 Å². The Bertz CT molecular complexity index is 1200. The molecule has 0 spiro atoms. The number of methoxy groups -OCH3 is 1. The highest BCUT2D eigenvalue weighted by Crippen LogP contribution is 2.28. The van der Waals surface area contributed by atoms with Crippen molar-refractivity contribution in [2.75, 3.05) is 7.11 Å². The van der Waals surface area contributed by atoms with E-state index in [4.69, 9.17) is 9.47 Å². The molecule has 0 amide bonds. The molecule has 0 bridgehead atoms. The average molecular weight is 429 g/mol. The second-order valence-corrected chi connectivity index (χ2v) is 7.62. The molecule has 3 aromatic rings. The first-order chi connectivity index (χ1) is 15.5. The first-order valence-electron chi connectivity index (χ1n) is 10.4. The molecule has 6 heteroatoms. The molecule has 0 heterocycles. The third kappa shape index (κ3) is 4.70. The lowest BCUT2D eigenvalue weighted by atomic mass is 10.1. The minimum Gasteiger partial charge on any atom is -0.496 e. The van der Waals surface area contributed by atoms with Gasteiger partial charge in [0, 0.05) is 11.6 Å². The Kier molecular flexibility index (Phi) is 6.31. The van der Waals surface area contributed by atoms with Gasteiger partial charge >= 0.3 is 0 Å². The number of nitrogens with zero attached hydrogens (tertiary/aromatic N) is 1. The van der Waals surface area contributed by atoms with Gasteiger partial charge in [-0.25, -0.2) is 0 Å². The highest BCUT2D eigenvalue weighted by atomic mass is 16.6. The maximum atomic E-state index is 12.5. The monoisotopic (exact) mass is 429 g/mol. The van der Waals surface area contributed by atoms with E-state index in [1.165, 1.54) is 41.8 Å². The largest absolute Gasteiger partial charge is 0.496 e. The van der Waals surface area contributed by atoms with Crippen molar-refractivity contribution < 1.29 is 19.2 Å². The van der Waals surface area contributed by atoms with E-state index in [0.29, 0.717) is 12.4 Å². The number of hydrogen-bond donors (Lipinski definition) is 0. The second kappa shape index (κ2) is 9.47. The molecule has 32 heavy (non-hydrogen) atoms. The zero-order chi connectivity index (χ0) is 22.5. The Morgan fingerprint density at radius 1 is 1.06 bits per heavy atom. The van der Waals surface area contributed by atoms with Crippen LogP contribution in [0.5, 0.6) is 11.5 Å². The van der Waals surface area contributed by atoms with Crippen molar-refractivity contribution in [3.63, 3.8) is 0 Å². The van der Waals surface area contributed by atoms with Gasteiger partial charge in [-0.05, 0) is 72.4 Å². The van der Waals surface area contributed by atoms with E-state index in [-0.39, 0.29) is 11.3 Å². The molecule has 1 aliphatic carbocycles. The molecule has 0 N–H and O–H groups in total. The number of nitro groups is 1. The van der Waals surface area contributed by atoms with Crippen LogP contribution < -0.4 is 9.47 Å². The van der Waals surface area contributed by atoms with E-state index in [0.717, 1.165) is 29.7 Å². The number of fused-ring (bicyclic) bond motifs is 1. The Hall–Kier alpha value is -3.93. The van der Waals surface area contributed by atoms with E-state index in [2.05, 4.69) is 12.1 Å². The molecular formula is C26H23NO5. The normalized spacial score (nSPS) is 12.5. The van der Waals surface area contributed by atoms with Gasteiger partial charge in [0.05, 0.1) is 17.6 Å². The lowest BCUT2D eigenvalue weighted by molar-refractivity contribution is -0.385. The summed E-state index contributed by atoms with van der Waals surface area (Å²) in [7, 11) is 1.60. The summed E-state index contributed by atoms with van der Waals surface area (Å²) in [6, 6.07) is 17.7. The molecule has 0 aromatic heterocycles. The minimum atomic E-state index is -0.553. The van der Waals surface area contributed by atoms with Crippen LogP contribution in [0.15, 0.2) is 66.7 Å². The second-order valence-electron chi connectivity index (χ2n) is 7.62. The zero-order valence-electron chi connectivity index (χ0n) is 17.7. The van der Waals surface area contributed by atoms with E-state index in [9.17, 15) is 14.9 Å². The summed E-state index contributed by atoms with van der Waals surface area (Å²) < 4.78 is 11.5. The summed E-state index contributed by atoms with van der Waals surface area (Å²) in [5.74, 6) is 1.08. The molecule has 3 aromatic carbocycles. The molecule has 162 valence electrons. The van der Waals surface area contributed by atoms with E-state index in [1.807, 2.05) is 24.3 Å². The minimum absolute atomic E-state index is 0.0578. The summed E-state index contributed by atoms with van der Waals surface area (Å²) in [6.07, 6.45) is 6.38. The number of ether oxygens (including phenoxy) is 2. The van der Waals surface area contributed by atoms with E-state index < -0.39 is 10.7 Å². The zero-order valence-corrected chi connectivity index (χ0v) is 17.7. The van der Waals surface area contributed by atoms with Gasteiger partial charge < -0.3 is 9.47 Å². The van der Waals surface area contributed by atoms with Crippen LogP contribution in [0.4, 0.5) is 5.69 Å². The number of carbonyl (C=O) groups is 1. The van der Waals surface area contributed by atoms with Crippen LogP contribution in [0.1, 0.15) is 39.0 Å². The Balaban J connectivity index is 1.50. The summed E-state index contributed by atoms with van der Waals surface area (Å²) in [5, 5.41) is 11.2. The number of carbonyl (C=O) groups excluding carboxylic acids is 1. The van der Waals surface area contributed by atoms with Crippen molar-refractivity contribution in [1.29, 1.82) is 0 Å². The number of nitro benzene ring substituents is 1. The number of ketones is 1. The van der Waals surface area contributed by atoms with Crippen molar-refractivity contribution in [3.8, 4) is 11.5 Å². The first kappa shape index (κ1) is 21.3. The molecule has 6 nitrogen and oxygen atoms in total. The molecule has 0 saturated carbocycles. The number of aryl methyl sites for hydroxylation is 2. The van der Waals surface area contributed by atoms with Crippen LogP contribution in [0.3, 0.4) is 0 Å².